The van der Waals surface area contributed by atoms with Crippen LogP contribution < -0.4 is 16.0 Å². The van der Waals surface area contributed by atoms with E-state index in [0.717, 1.165) is 0 Å². The highest BCUT2D eigenvalue weighted by Gasteiger charge is 2.29. The first-order chi connectivity index (χ1) is 9.15. The number of amides is 2. The minimum absolute atomic E-state index is 0.128. The summed E-state index contributed by atoms with van der Waals surface area (Å²) in [6.07, 6.45) is 0.214. The summed E-state index contributed by atoms with van der Waals surface area (Å²) in [5, 5.41) is 2.47. The second-order valence-corrected chi connectivity index (χ2v) is 4.19. The lowest BCUT2D eigenvalue weighted by molar-refractivity contribution is -0.138. The molecule has 0 saturated carbocycles. The molecule has 1 heterocycles. The third kappa shape index (κ3) is 2.63. The molecular weight excluding hydrogens is 246 g/mol. The van der Waals surface area contributed by atoms with Crippen molar-refractivity contribution in [3.05, 3.63) is 29.8 Å². The Labute approximate surface area is 110 Å². The van der Waals surface area contributed by atoms with E-state index in [0.29, 0.717) is 24.3 Å². The van der Waals surface area contributed by atoms with Gasteiger partial charge in [0.25, 0.3) is 0 Å². The van der Waals surface area contributed by atoms with Crippen LogP contribution in [0.15, 0.2) is 24.3 Å². The fraction of sp³-hybridized carbons (Fsp3) is 0.308. The molecule has 0 unspecified atom stereocenters. The van der Waals surface area contributed by atoms with E-state index in [1.165, 1.54) is 4.90 Å². The van der Waals surface area contributed by atoms with E-state index in [1.54, 1.807) is 24.3 Å². The van der Waals surface area contributed by atoms with E-state index in [9.17, 15) is 14.4 Å². The van der Waals surface area contributed by atoms with Crippen LogP contribution in [0.4, 0.5) is 5.69 Å². The summed E-state index contributed by atoms with van der Waals surface area (Å²) in [6, 6.07) is 6.77. The van der Waals surface area contributed by atoms with Crippen LogP contribution in [0.2, 0.25) is 0 Å². The molecule has 1 aromatic carbocycles. The van der Waals surface area contributed by atoms with Gasteiger partial charge >= 0.3 is 11.8 Å². The average Bonchev–Trinajstić information content (AvgIpc) is 2.42. The second-order valence-electron chi connectivity index (χ2n) is 4.19. The molecule has 0 radical (unpaired) electrons. The number of nitrogens with one attached hydrogen (secondary N) is 1. The van der Waals surface area contributed by atoms with Gasteiger partial charge in [0.15, 0.2) is 5.78 Å². The van der Waals surface area contributed by atoms with Crippen LogP contribution in [0, 0.1) is 0 Å². The fourth-order valence-electron chi connectivity index (χ4n) is 2.02. The van der Waals surface area contributed by atoms with E-state index in [-0.39, 0.29) is 18.7 Å². The maximum absolute atomic E-state index is 12.0. The first kappa shape index (κ1) is 13.2. The van der Waals surface area contributed by atoms with Gasteiger partial charge in [0.1, 0.15) is 0 Å². The molecule has 6 nitrogen and oxygen atoms in total. The van der Waals surface area contributed by atoms with E-state index in [4.69, 9.17) is 5.73 Å². The molecular formula is C13H15N3O3. The molecule has 0 aliphatic carbocycles. The van der Waals surface area contributed by atoms with Crippen LogP contribution >= 0.6 is 0 Å². The highest BCUT2D eigenvalue weighted by Crippen LogP contribution is 2.22. The van der Waals surface area contributed by atoms with E-state index in [1.807, 2.05) is 0 Å². The lowest BCUT2D eigenvalue weighted by Gasteiger charge is -2.28. The van der Waals surface area contributed by atoms with Crippen LogP contribution in [0.25, 0.3) is 0 Å². The van der Waals surface area contributed by atoms with Crippen molar-refractivity contribution in [1.82, 2.24) is 5.32 Å². The Bertz CT molecular complexity index is 528. The van der Waals surface area contributed by atoms with Gasteiger partial charge in [0.05, 0.1) is 5.69 Å². The SMILES string of the molecule is NCCC(=O)c1ccccc1N1CCNC(=O)C1=O. The molecule has 6 heteroatoms. The highest BCUT2D eigenvalue weighted by atomic mass is 16.2. The number of nitrogens with zero attached hydrogens (tertiary/aromatic N) is 1. The van der Waals surface area contributed by atoms with Crippen molar-refractivity contribution >= 4 is 23.3 Å². The van der Waals surface area contributed by atoms with Gasteiger partial charge in [-0.05, 0) is 18.7 Å². The number of carbonyl (C=O) groups excluding carboxylic acids is 3. The second kappa shape index (κ2) is 5.62. The van der Waals surface area contributed by atoms with Crippen molar-refractivity contribution in [1.29, 1.82) is 0 Å². The van der Waals surface area contributed by atoms with Crippen LogP contribution in [0.3, 0.4) is 0 Å². The molecule has 1 aromatic rings. The Morgan fingerprint density at radius 3 is 2.79 bits per heavy atom. The number of anilines is 1. The number of rotatable bonds is 4. The van der Waals surface area contributed by atoms with Crippen LogP contribution in [-0.4, -0.2) is 37.2 Å². The summed E-state index contributed by atoms with van der Waals surface area (Å²) in [6.45, 7) is 0.989. The van der Waals surface area contributed by atoms with Crippen LogP contribution in [-0.2, 0) is 9.59 Å². The molecule has 1 aliphatic heterocycles. The molecule has 100 valence electrons. The minimum atomic E-state index is -0.646. The monoisotopic (exact) mass is 261 g/mol. The van der Waals surface area contributed by atoms with Crippen molar-refractivity contribution in [2.75, 3.05) is 24.5 Å². The van der Waals surface area contributed by atoms with Gasteiger partial charge in [0.2, 0.25) is 0 Å². The maximum Gasteiger partial charge on any atom is 0.316 e. The summed E-state index contributed by atoms with van der Waals surface area (Å²) in [5.41, 5.74) is 6.28. The zero-order valence-electron chi connectivity index (χ0n) is 10.4. The molecule has 1 aliphatic rings. The average molecular weight is 261 g/mol. The predicted octanol–water partition coefficient (Wildman–Crippen LogP) is -0.319. The summed E-state index contributed by atoms with van der Waals surface area (Å²) >= 11 is 0. The number of piperazine rings is 1. The van der Waals surface area contributed by atoms with Gasteiger partial charge in [-0.15, -0.1) is 0 Å². The Morgan fingerprint density at radius 2 is 2.05 bits per heavy atom. The van der Waals surface area contributed by atoms with Gasteiger partial charge in [-0.25, -0.2) is 0 Å². The molecule has 0 atom stereocenters. The molecule has 2 amide bonds. The minimum Gasteiger partial charge on any atom is -0.346 e. The van der Waals surface area contributed by atoms with Gasteiger partial charge in [-0.3, -0.25) is 14.4 Å². The molecule has 19 heavy (non-hydrogen) atoms. The van der Waals surface area contributed by atoms with Crippen molar-refractivity contribution < 1.29 is 14.4 Å². The van der Waals surface area contributed by atoms with Gasteiger partial charge < -0.3 is 16.0 Å². The largest absolute Gasteiger partial charge is 0.346 e. The van der Waals surface area contributed by atoms with Gasteiger partial charge in [0, 0.05) is 25.1 Å². The Kier molecular flexibility index (Phi) is 3.91. The number of Topliss-reactive ketones (excluding diaryl/α,β-unsaturated/α-hetero) is 1. The number of ketones is 1. The molecule has 0 spiro atoms. The fourth-order valence-corrected chi connectivity index (χ4v) is 2.02. The van der Waals surface area contributed by atoms with E-state index in [2.05, 4.69) is 5.32 Å². The zero-order valence-corrected chi connectivity index (χ0v) is 10.4. The van der Waals surface area contributed by atoms with Crippen LogP contribution in [0.1, 0.15) is 16.8 Å². The first-order valence-electron chi connectivity index (χ1n) is 6.07. The highest BCUT2D eigenvalue weighted by molar-refractivity contribution is 6.41. The topological polar surface area (TPSA) is 92.5 Å². The molecule has 2 rings (SSSR count). The molecule has 0 bridgehead atoms. The molecule has 3 N–H and O–H groups in total. The predicted molar refractivity (Wildman–Crippen MR) is 69.8 cm³/mol. The lowest BCUT2D eigenvalue weighted by Crippen LogP contribution is -2.52. The van der Waals surface area contributed by atoms with E-state index < -0.39 is 11.8 Å². The molecule has 0 aromatic heterocycles. The third-order valence-electron chi connectivity index (χ3n) is 2.93. The summed E-state index contributed by atoms with van der Waals surface area (Å²) < 4.78 is 0. The summed E-state index contributed by atoms with van der Waals surface area (Å²) in [7, 11) is 0. The number of carbonyl (C=O) groups is 3. The quantitative estimate of drug-likeness (QED) is 0.574. The molecule has 1 saturated heterocycles. The third-order valence-corrected chi connectivity index (χ3v) is 2.93. The first-order valence-corrected chi connectivity index (χ1v) is 6.07. The van der Waals surface area contributed by atoms with Crippen molar-refractivity contribution in [2.24, 2.45) is 5.73 Å². The standard InChI is InChI=1S/C13H15N3O3/c14-6-5-11(17)9-3-1-2-4-10(9)16-8-7-15-12(18)13(16)19/h1-4H,5-8,14H2,(H,15,18). The van der Waals surface area contributed by atoms with E-state index >= 15 is 0 Å². The van der Waals surface area contributed by atoms with Gasteiger partial charge in [-0.2, -0.15) is 0 Å². The van der Waals surface area contributed by atoms with Crippen molar-refractivity contribution in [3.63, 3.8) is 0 Å². The number of hydrogen-bond donors (Lipinski definition) is 2. The maximum atomic E-state index is 12.0. The molecule has 1 fully saturated rings. The Hall–Kier alpha value is -2.21. The number of hydrogen-bond acceptors (Lipinski definition) is 4. The summed E-state index contributed by atoms with van der Waals surface area (Å²) in [4.78, 5) is 36.5. The summed E-state index contributed by atoms with van der Waals surface area (Å²) in [5.74, 6) is -1.41. The van der Waals surface area contributed by atoms with Crippen molar-refractivity contribution in [3.8, 4) is 0 Å². The van der Waals surface area contributed by atoms with Gasteiger partial charge in [-0.1, -0.05) is 12.1 Å². The number of para-hydroxylation sites is 1. The Balaban J connectivity index is 2.36. The van der Waals surface area contributed by atoms with Crippen LogP contribution in [0.5, 0.6) is 0 Å². The number of nitrogens with two attached hydrogens (primary N) is 1. The zero-order chi connectivity index (χ0) is 13.8. The lowest BCUT2D eigenvalue weighted by atomic mass is 10.0. The number of benzene rings is 1. The Morgan fingerprint density at radius 1 is 1.32 bits per heavy atom. The van der Waals surface area contributed by atoms with Crippen molar-refractivity contribution in [2.45, 2.75) is 6.42 Å². The smallest absolute Gasteiger partial charge is 0.316 e. The normalized spacial score (nSPS) is 15.3.